The van der Waals surface area contributed by atoms with E-state index < -0.39 is 34.9 Å². The summed E-state index contributed by atoms with van der Waals surface area (Å²) < 4.78 is 5.34. The summed E-state index contributed by atoms with van der Waals surface area (Å²) in [5.41, 5.74) is -2.88. The number of ketones is 2. The summed E-state index contributed by atoms with van der Waals surface area (Å²) in [6.07, 6.45) is -3.59. The van der Waals surface area contributed by atoms with Gasteiger partial charge in [-0.3, -0.25) is 9.59 Å². The van der Waals surface area contributed by atoms with E-state index in [0.29, 0.717) is 10.0 Å². The summed E-state index contributed by atoms with van der Waals surface area (Å²) in [6, 6.07) is 11.7. The maximum atomic E-state index is 12.9. The first-order chi connectivity index (χ1) is 12.7. The fourth-order valence-corrected chi connectivity index (χ4v) is 3.61. The van der Waals surface area contributed by atoms with Crippen molar-refractivity contribution in [2.24, 2.45) is 0 Å². The molecule has 2 aromatic rings. The van der Waals surface area contributed by atoms with Crippen molar-refractivity contribution in [1.82, 2.24) is 0 Å². The lowest BCUT2D eigenvalue weighted by atomic mass is 9.82. The van der Waals surface area contributed by atoms with E-state index in [1.165, 1.54) is 48.5 Å². The number of aliphatic hydroxyl groups is 2. The molecule has 0 aromatic heterocycles. The lowest BCUT2D eigenvalue weighted by Crippen LogP contribution is -2.53. The first-order valence-corrected chi connectivity index (χ1v) is 9.22. The van der Waals surface area contributed by atoms with Crippen LogP contribution < -0.4 is 0 Å². The third kappa shape index (κ3) is 4.04. The van der Waals surface area contributed by atoms with Crippen molar-refractivity contribution in [3.05, 3.63) is 69.7 Å². The summed E-state index contributed by atoms with van der Waals surface area (Å²) in [6.45, 7) is 0. The number of rotatable bonds is 5. The smallest absolute Gasteiger partial charge is 0.197 e. The summed E-state index contributed by atoms with van der Waals surface area (Å²) in [7, 11) is 0. The van der Waals surface area contributed by atoms with Crippen LogP contribution in [0.2, 0.25) is 10.0 Å². The van der Waals surface area contributed by atoms with Gasteiger partial charge >= 0.3 is 0 Å². The number of Topliss-reactive ketones (excluding diaryl/α,β-unsaturated/α-hetero) is 2. The van der Waals surface area contributed by atoms with Crippen molar-refractivity contribution in [2.45, 2.75) is 29.8 Å². The number of benzene rings is 2. The predicted molar refractivity (Wildman–Crippen MR) is 102 cm³/mol. The molecule has 2 N–H and O–H groups in total. The molecule has 1 saturated heterocycles. The zero-order valence-corrected chi connectivity index (χ0v) is 16.1. The van der Waals surface area contributed by atoms with Crippen LogP contribution in [0.25, 0.3) is 0 Å². The van der Waals surface area contributed by atoms with Crippen molar-refractivity contribution < 1.29 is 24.5 Å². The van der Waals surface area contributed by atoms with Gasteiger partial charge < -0.3 is 14.9 Å². The summed E-state index contributed by atoms with van der Waals surface area (Å²) in [5.74, 6) is -1.43. The van der Waals surface area contributed by atoms with Gasteiger partial charge in [0.25, 0.3) is 0 Å². The van der Waals surface area contributed by atoms with E-state index in [4.69, 9.17) is 39.5 Å². The van der Waals surface area contributed by atoms with Crippen LogP contribution in [-0.2, 0) is 4.74 Å². The Morgan fingerprint density at radius 2 is 1.48 bits per heavy atom. The Kier molecular flexibility index (Phi) is 5.91. The Balaban J connectivity index is 1.90. The molecule has 0 bridgehead atoms. The van der Waals surface area contributed by atoms with Gasteiger partial charge in [-0.25, -0.2) is 0 Å². The van der Waals surface area contributed by atoms with E-state index in [2.05, 4.69) is 0 Å². The minimum absolute atomic E-state index is 0.160. The molecule has 27 heavy (non-hydrogen) atoms. The maximum Gasteiger partial charge on any atom is 0.197 e. The minimum Gasteiger partial charge on any atom is -0.382 e. The molecule has 0 spiro atoms. The van der Waals surface area contributed by atoms with Gasteiger partial charge in [0.1, 0.15) is 17.8 Å². The Morgan fingerprint density at radius 3 is 2.00 bits per heavy atom. The minimum atomic E-state index is -2.16. The highest BCUT2D eigenvalue weighted by Gasteiger charge is 2.56. The molecule has 3 rings (SSSR count). The molecule has 1 heterocycles. The van der Waals surface area contributed by atoms with Crippen molar-refractivity contribution in [3.63, 3.8) is 0 Å². The molecule has 1 aliphatic rings. The monoisotopic (exact) mass is 428 g/mol. The molecule has 0 radical (unpaired) electrons. The van der Waals surface area contributed by atoms with E-state index in [1.807, 2.05) is 0 Å². The zero-order chi connectivity index (χ0) is 19.8. The van der Waals surface area contributed by atoms with Crippen molar-refractivity contribution in [2.75, 3.05) is 0 Å². The number of hydrogen-bond acceptors (Lipinski definition) is 5. The van der Waals surface area contributed by atoms with E-state index in [0.717, 1.165) is 0 Å². The average molecular weight is 430 g/mol. The molecule has 1 aliphatic heterocycles. The van der Waals surface area contributed by atoms with Crippen LogP contribution in [0.3, 0.4) is 0 Å². The van der Waals surface area contributed by atoms with Gasteiger partial charge in [0, 0.05) is 27.6 Å². The van der Waals surface area contributed by atoms with Crippen LogP contribution in [0.1, 0.15) is 27.1 Å². The molecule has 0 aliphatic carbocycles. The zero-order valence-electron chi connectivity index (χ0n) is 13.8. The normalized spacial score (nSPS) is 26.0. The Hall–Kier alpha value is -1.47. The van der Waals surface area contributed by atoms with Crippen LogP contribution in [0, 0.1) is 0 Å². The molecular weight excluding hydrogens is 415 g/mol. The van der Waals surface area contributed by atoms with Gasteiger partial charge in [-0.2, -0.15) is 0 Å². The van der Waals surface area contributed by atoms with Gasteiger partial charge in [-0.1, -0.05) is 34.8 Å². The van der Waals surface area contributed by atoms with Crippen molar-refractivity contribution in [3.8, 4) is 0 Å². The number of carbonyl (C=O) groups is 2. The number of aliphatic hydroxyl groups excluding tert-OH is 1. The first kappa shape index (κ1) is 20.3. The molecule has 142 valence electrons. The van der Waals surface area contributed by atoms with Crippen LogP contribution in [0.4, 0.5) is 0 Å². The van der Waals surface area contributed by atoms with E-state index in [-0.39, 0.29) is 17.5 Å². The summed E-state index contributed by atoms with van der Waals surface area (Å²) >= 11 is 17.6. The van der Waals surface area contributed by atoms with E-state index in [1.54, 1.807) is 0 Å². The number of alkyl halides is 1. The molecule has 4 atom stereocenters. The number of carbonyl (C=O) groups excluding carboxylic acids is 2. The van der Waals surface area contributed by atoms with Crippen molar-refractivity contribution in [1.29, 1.82) is 0 Å². The SMILES string of the molecule is O=C(c1ccc(Cl)cc1)C(O)[C@H]1O[C@H](Cl)C[C@@]1(O)C(=O)c1ccc(Cl)cc1. The highest BCUT2D eigenvalue weighted by atomic mass is 35.5. The standard InChI is InChI=1S/C19H15Cl3O5/c20-12-5-1-10(2-6-12)15(23)16(24)18-19(26,9-14(22)27-18)17(25)11-3-7-13(21)8-4-11/h1-8,14,16,18,24,26H,9H2/t14-,16?,18+,19+/m0/s1. The second kappa shape index (κ2) is 7.87. The first-order valence-electron chi connectivity index (χ1n) is 8.02. The molecule has 5 nitrogen and oxygen atoms in total. The average Bonchev–Trinajstić information content (AvgIpc) is 2.96. The summed E-state index contributed by atoms with van der Waals surface area (Å²) in [4.78, 5) is 25.5. The Morgan fingerprint density at radius 1 is 1.00 bits per heavy atom. The van der Waals surface area contributed by atoms with E-state index in [9.17, 15) is 19.8 Å². The maximum absolute atomic E-state index is 12.9. The lowest BCUT2D eigenvalue weighted by Gasteiger charge is -2.29. The summed E-state index contributed by atoms with van der Waals surface area (Å²) in [5, 5.41) is 22.4. The highest BCUT2D eigenvalue weighted by Crippen LogP contribution is 2.38. The second-order valence-corrected chi connectivity index (χ2v) is 7.61. The van der Waals surface area contributed by atoms with Gasteiger partial charge in [-0.15, -0.1) is 0 Å². The van der Waals surface area contributed by atoms with Crippen molar-refractivity contribution >= 4 is 46.4 Å². The van der Waals surface area contributed by atoms with Gasteiger partial charge in [0.2, 0.25) is 0 Å². The van der Waals surface area contributed by atoms with Gasteiger partial charge in [0.15, 0.2) is 17.2 Å². The third-order valence-electron chi connectivity index (χ3n) is 4.42. The van der Waals surface area contributed by atoms with Crippen LogP contribution in [-0.4, -0.2) is 45.2 Å². The molecule has 8 heteroatoms. The van der Waals surface area contributed by atoms with Gasteiger partial charge in [-0.05, 0) is 48.5 Å². The van der Waals surface area contributed by atoms with Crippen LogP contribution in [0.15, 0.2) is 48.5 Å². The largest absolute Gasteiger partial charge is 0.382 e. The van der Waals surface area contributed by atoms with Crippen LogP contribution in [0.5, 0.6) is 0 Å². The molecule has 1 unspecified atom stereocenters. The number of hydrogen-bond donors (Lipinski definition) is 2. The van der Waals surface area contributed by atoms with Crippen LogP contribution >= 0.6 is 34.8 Å². The highest BCUT2D eigenvalue weighted by molar-refractivity contribution is 6.31. The molecule has 1 fully saturated rings. The molecule has 0 saturated carbocycles. The Labute approximate surface area is 170 Å². The molecule has 2 aromatic carbocycles. The fraction of sp³-hybridized carbons (Fsp3) is 0.263. The number of halogens is 3. The van der Waals surface area contributed by atoms with Gasteiger partial charge in [0.05, 0.1) is 0 Å². The molecular formula is C19H15Cl3O5. The fourth-order valence-electron chi connectivity index (χ4n) is 3.01. The molecule has 0 amide bonds. The topological polar surface area (TPSA) is 83.8 Å². The predicted octanol–water partition coefficient (Wildman–Crippen LogP) is 3.50. The number of ether oxygens (including phenoxy) is 1. The Bertz CT molecular complexity index is 853. The third-order valence-corrected chi connectivity index (χ3v) is 5.18. The quantitative estimate of drug-likeness (QED) is 0.561. The van der Waals surface area contributed by atoms with E-state index >= 15 is 0 Å². The lowest BCUT2D eigenvalue weighted by molar-refractivity contribution is -0.0716. The second-order valence-electron chi connectivity index (χ2n) is 6.25.